The average molecular weight is 326 g/mol. The van der Waals surface area contributed by atoms with Crippen LogP contribution in [-0.2, 0) is 6.54 Å². The zero-order valence-electron chi connectivity index (χ0n) is 13.9. The molecule has 0 spiro atoms. The number of hydrogen-bond donors (Lipinski definition) is 1. The van der Waals surface area contributed by atoms with E-state index in [1.54, 1.807) is 13.2 Å². The van der Waals surface area contributed by atoms with E-state index < -0.39 is 0 Å². The molecule has 3 rings (SSSR count). The van der Waals surface area contributed by atoms with Gasteiger partial charge in [-0.05, 0) is 25.3 Å². The third kappa shape index (κ3) is 3.82. The minimum Gasteiger partial charge on any atom is -0.496 e. The fourth-order valence-electron chi connectivity index (χ4n) is 2.88. The second-order valence-electron chi connectivity index (χ2n) is 5.80. The molecule has 1 aliphatic rings. The molecular formula is C18H22N4O2. The number of aromatic nitrogens is 2. The smallest absolute Gasteiger partial charge is 0.270 e. The molecule has 126 valence electrons. The highest BCUT2D eigenvalue weighted by Gasteiger charge is 2.15. The van der Waals surface area contributed by atoms with E-state index in [1.165, 1.54) is 25.6 Å². The number of nitrogens with zero attached hydrogens (tertiary/aromatic N) is 3. The Labute approximate surface area is 141 Å². The van der Waals surface area contributed by atoms with E-state index >= 15 is 0 Å². The van der Waals surface area contributed by atoms with Crippen LogP contribution in [0.4, 0.5) is 5.82 Å². The van der Waals surface area contributed by atoms with Gasteiger partial charge < -0.3 is 15.0 Å². The highest BCUT2D eigenvalue weighted by molar-refractivity contribution is 5.92. The second-order valence-corrected chi connectivity index (χ2v) is 5.80. The van der Waals surface area contributed by atoms with E-state index in [1.807, 2.05) is 24.3 Å². The molecule has 0 atom stereocenters. The van der Waals surface area contributed by atoms with Crippen molar-refractivity contribution in [1.82, 2.24) is 15.3 Å². The Kier molecular flexibility index (Phi) is 5.25. The summed E-state index contributed by atoms with van der Waals surface area (Å²) in [6, 6.07) is 9.39. The third-order valence-electron chi connectivity index (χ3n) is 4.20. The molecule has 0 unspecified atom stereocenters. The number of amides is 1. The Hall–Kier alpha value is -2.63. The van der Waals surface area contributed by atoms with Crippen molar-refractivity contribution in [2.75, 3.05) is 25.1 Å². The van der Waals surface area contributed by atoms with Crippen LogP contribution in [0.5, 0.6) is 5.75 Å². The Morgan fingerprint density at radius 2 is 2.00 bits per heavy atom. The number of ether oxygens (including phenoxy) is 1. The summed E-state index contributed by atoms with van der Waals surface area (Å²) in [5.41, 5.74) is 1.32. The van der Waals surface area contributed by atoms with E-state index in [2.05, 4.69) is 20.2 Å². The van der Waals surface area contributed by atoms with Crippen molar-refractivity contribution in [3.63, 3.8) is 0 Å². The van der Waals surface area contributed by atoms with Crippen LogP contribution in [0.3, 0.4) is 0 Å². The van der Waals surface area contributed by atoms with Crippen LogP contribution >= 0.6 is 0 Å². The van der Waals surface area contributed by atoms with Crippen molar-refractivity contribution >= 4 is 11.7 Å². The lowest BCUT2D eigenvalue weighted by Crippen LogP contribution is -2.31. The van der Waals surface area contributed by atoms with Crippen LogP contribution < -0.4 is 15.0 Å². The van der Waals surface area contributed by atoms with Gasteiger partial charge in [0.2, 0.25) is 0 Å². The van der Waals surface area contributed by atoms with Gasteiger partial charge in [0.25, 0.3) is 5.91 Å². The van der Waals surface area contributed by atoms with Gasteiger partial charge in [-0.25, -0.2) is 9.97 Å². The first-order valence-electron chi connectivity index (χ1n) is 8.25. The standard InChI is InChI=1S/C18H22N4O2/c1-24-16-8-4-3-7-14(16)12-19-18(23)15-11-17(21-13-20-15)22-9-5-2-6-10-22/h3-4,7-8,11,13H,2,5-6,9-10,12H2,1H3,(H,19,23). The normalized spacial score (nSPS) is 14.3. The second kappa shape index (κ2) is 7.77. The van der Waals surface area contributed by atoms with E-state index in [0.29, 0.717) is 12.2 Å². The van der Waals surface area contributed by atoms with Crippen LogP contribution in [0.15, 0.2) is 36.7 Å². The van der Waals surface area contributed by atoms with Crippen molar-refractivity contribution in [3.05, 3.63) is 47.9 Å². The first-order valence-corrected chi connectivity index (χ1v) is 8.25. The number of carbonyl (C=O) groups excluding carboxylic acids is 1. The molecule has 1 amide bonds. The van der Waals surface area contributed by atoms with Gasteiger partial charge in [0.1, 0.15) is 23.6 Å². The molecule has 2 aromatic rings. The lowest BCUT2D eigenvalue weighted by atomic mass is 10.1. The minimum absolute atomic E-state index is 0.207. The van der Waals surface area contributed by atoms with Crippen molar-refractivity contribution in [1.29, 1.82) is 0 Å². The lowest BCUT2D eigenvalue weighted by Gasteiger charge is -2.27. The highest BCUT2D eigenvalue weighted by Crippen LogP contribution is 2.18. The zero-order chi connectivity index (χ0) is 16.8. The fraction of sp³-hybridized carbons (Fsp3) is 0.389. The quantitative estimate of drug-likeness (QED) is 0.914. The van der Waals surface area contributed by atoms with Gasteiger partial charge in [-0.3, -0.25) is 4.79 Å². The molecule has 24 heavy (non-hydrogen) atoms. The predicted octanol–water partition coefficient (Wildman–Crippen LogP) is 2.41. The molecule has 6 heteroatoms. The number of nitrogens with one attached hydrogen (secondary N) is 1. The average Bonchev–Trinajstić information content (AvgIpc) is 2.67. The first-order chi connectivity index (χ1) is 11.8. The van der Waals surface area contributed by atoms with Crippen molar-refractivity contribution < 1.29 is 9.53 Å². The maximum absolute atomic E-state index is 12.4. The minimum atomic E-state index is -0.207. The molecule has 1 aromatic carbocycles. The van der Waals surface area contributed by atoms with E-state index in [-0.39, 0.29) is 5.91 Å². The Morgan fingerprint density at radius 1 is 1.21 bits per heavy atom. The molecular weight excluding hydrogens is 304 g/mol. The fourth-order valence-corrected chi connectivity index (χ4v) is 2.88. The molecule has 0 bridgehead atoms. The third-order valence-corrected chi connectivity index (χ3v) is 4.20. The Balaban J connectivity index is 1.66. The molecule has 1 N–H and O–H groups in total. The first kappa shape index (κ1) is 16.2. The summed E-state index contributed by atoms with van der Waals surface area (Å²) >= 11 is 0. The van der Waals surface area contributed by atoms with Crippen LogP contribution in [0, 0.1) is 0 Å². The maximum atomic E-state index is 12.4. The summed E-state index contributed by atoms with van der Waals surface area (Å²) < 4.78 is 5.30. The molecule has 1 aromatic heterocycles. The van der Waals surface area contributed by atoms with Gasteiger partial charge in [-0.15, -0.1) is 0 Å². The summed E-state index contributed by atoms with van der Waals surface area (Å²) in [5.74, 6) is 1.38. The highest BCUT2D eigenvalue weighted by atomic mass is 16.5. The molecule has 0 saturated carbocycles. The maximum Gasteiger partial charge on any atom is 0.270 e. The van der Waals surface area contributed by atoms with Crippen molar-refractivity contribution in [2.24, 2.45) is 0 Å². The number of anilines is 1. The molecule has 1 fully saturated rings. The van der Waals surface area contributed by atoms with Crippen LogP contribution in [0.1, 0.15) is 35.3 Å². The summed E-state index contributed by atoms with van der Waals surface area (Å²) in [4.78, 5) is 23.0. The van der Waals surface area contributed by atoms with Crippen LogP contribution in [-0.4, -0.2) is 36.1 Å². The number of carbonyl (C=O) groups is 1. The largest absolute Gasteiger partial charge is 0.496 e. The molecule has 0 aliphatic carbocycles. The molecule has 6 nitrogen and oxygen atoms in total. The van der Waals surface area contributed by atoms with Gasteiger partial charge in [-0.1, -0.05) is 18.2 Å². The topological polar surface area (TPSA) is 67.3 Å². The zero-order valence-corrected chi connectivity index (χ0v) is 13.9. The van der Waals surface area contributed by atoms with Gasteiger partial charge in [0.15, 0.2) is 0 Å². The van der Waals surface area contributed by atoms with E-state index in [4.69, 9.17) is 4.74 Å². The van der Waals surface area contributed by atoms with Gasteiger partial charge in [-0.2, -0.15) is 0 Å². The van der Waals surface area contributed by atoms with Gasteiger partial charge >= 0.3 is 0 Å². The number of hydrogen-bond acceptors (Lipinski definition) is 5. The Bertz CT molecular complexity index is 699. The predicted molar refractivity (Wildman–Crippen MR) is 92.3 cm³/mol. The molecule has 2 heterocycles. The SMILES string of the molecule is COc1ccccc1CNC(=O)c1cc(N2CCCCC2)ncn1. The molecule has 1 aliphatic heterocycles. The van der Waals surface area contributed by atoms with Crippen LogP contribution in [0.2, 0.25) is 0 Å². The Morgan fingerprint density at radius 3 is 2.79 bits per heavy atom. The number of benzene rings is 1. The van der Waals surface area contributed by atoms with Crippen molar-refractivity contribution in [3.8, 4) is 5.75 Å². The summed E-state index contributed by atoms with van der Waals surface area (Å²) in [5, 5.41) is 2.89. The van der Waals surface area contributed by atoms with Gasteiger partial charge in [0.05, 0.1) is 7.11 Å². The molecule has 1 saturated heterocycles. The van der Waals surface area contributed by atoms with E-state index in [0.717, 1.165) is 30.2 Å². The summed E-state index contributed by atoms with van der Waals surface area (Å²) in [6.07, 6.45) is 5.05. The monoisotopic (exact) mass is 326 g/mol. The van der Waals surface area contributed by atoms with Crippen LogP contribution in [0.25, 0.3) is 0 Å². The lowest BCUT2D eigenvalue weighted by molar-refractivity contribution is 0.0945. The van der Waals surface area contributed by atoms with Crippen molar-refractivity contribution in [2.45, 2.75) is 25.8 Å². The molecule has 0 radical (unpaired) electrons. The number of piperidine rings is 1. The number of methoxy groups -OCH3 is 1. The number of para-hydroxylation sites is 1. The van der Waals surface area contributed by atoms with E-state index in [9.17, 15) is 4.79 Å². The summed E-state index contributed by atoms with van der Waals surface area (Å²) in [6.45, 7) is 2.37. The number of rotatable bonds is 5. The summed E-state index contributed by atoms with van der Waals surface area (Å²) in [7, 11) is 1.62. The van der Waals surface area contributed by atoms with Gasteiger partial charge in [0, 0.05) is 31.3 Å².